The summed E-state index contributed by atoms with van der Waals surface area (Å²) < 4.78 is 21.0. The van der Waals surface area contributed by atoms with Gasteiger partial charge in [-0.2, -0.15) is 0 Å². The molecule has 1 atom stereocenters. The number of hydrogen-bond donors (Lipinski definition) is 1. The van der Waals surface area contributed by atoms with Gasteiger partial charge in [0.2, 0.25) is 5.91 Å². The lowest BCUT2D eigenvalue weighted by atomic mass is 10.1. The average molecular weight is 443 g/mol. The number of amides is 1. The Morgan fingerprint density at radius 3 is 2.35 bits per heavy atom. The van der Waals surface area contributed by atoms with E-state index in [2.05, 4.69) is 15.5 Å². The number of hydrogen-bond acceptors (Lipinski definition) is 5. The molecule has 1 unspecified atom stereocenters. The van der Waals surface area contributed by atoms with Crippen LogP contribution in [0.15, 0.2) is 47.6 Å². The predicted molar refractivity (Wildman–Crippen MR) is 121 cm³/mol. The van der Waals surface area contributed by atoms with Crippen molar-refractivity contribution in [2.45, 2.75) is 51.9 Å². The number of anilines is 1. The molecule has 0 bridgehead atoms. The Labute approximate surface area is 186 Å². The van der Waals surface area contributed by atoms with Crippen LogP contribution in [0.4, 0.5) is 10.1 Å². The van der Waals surface area contributed by atoms with Gasteiger partial charge in [0.1, 0.15) is 11.6 Å². The second kappa shape index (κ2) is 9.96. The molecule has 164 valence electrons. The summed E-state index contributed by atoms with van der Waals surface area (Å²) >= 11 is 1.33. The lowest BCUT2D eigenvalue weighted by Crippen LogP contribution is -2.17. The van der Waals surface area contributed by atoms with Crippen molar-refractivity contribution in [3.05, 3.63) is 65.2 Å². The number of halogens is 1. The van der Waals surface area contributed by atoms with Crippen LogP contribution in [0.3, 0.4) is 0 Å². The lowest BCUT2D eigenvalue weighted by Gasteiger charge is -2.19. The molecule has 8 heteroatoms. The first kappa shape index (κ1) is 22.8. The fourth-order valence-electron chi connectivity index (χ4n) is 3.24. The van der Waals surface area contributed by atoms with Crippen LogP contribution in [0.25, 0.3) is 0 Å². The minimum absolute atomic E-state index is 0.0773. The number of benzene rings is 2. The minimum Gasteiger partial charge on any atom is -0.483 e. The molecule has 0 radical (unpaired) electrons. The molecular formula is C23H27FN4O2S. The third-order valence-corrected chi connectivity index (χ3v) is 5.72. The summed E-state index contributed by atoms with van der Waals surface area (Å²) in [4.78, 5) is 12.5. The summed E-state index contributed by atoms with van der Waals surface area (Å²) in [5, 5.41) is 12.2. The Bertz CT molecular complexity index is 1030. The van der Waals surface area contributed by atoms with E-state index in [1.807, 2.05) is 57.4 Å². The van der Waals surface area contributed by atoms with Crippen molar-refractivity contribution in [2.75, 3.05) is 11.1 Å². The van der Waals surface area contributed by atoms with Gasteiger partial charge in [0.15, 0.2) is 17.1 Å². The van der Waals surface area contributed by atoms with Crippen molar-refractivity contribution in [3.8, 4) is 5.75 Å². The zero-order valence-electron chi connectivity index (χ0n) is 18.3. The molecule has 0 aliphatic carbocycles. The van der Waals surface area contributed by atoms with Crippen molar-refractivity contribution in [3.63, 3.8) is 0 Å². The quantitative estimate of drug-likeness (QED) is 0.468. The van der Waals surface area contributed by atoms with Crippen LogP contribution < -0.4 is 10.1 Å². The smallest absolute Gasteiger partial charge is 0.234 e. The van der Waals surface area contributed by atoms with Gasteiger partial charge in [-0.15, -0.1) is 10.2 Å². The van der Waals surface area contributed by atoms with Crippen LogP contribution in [-0.4, -0.2) is 26.4 Å². The number of ether oxygens (including phenoxy) is 1. The van der Waals surface area contributed by atoms with Crippen molar-refractivity contribution < 1.29 is 13.9 Å². The SMILES string of the molecule is Cc1cccc(C)c1NC(=O)CSc1nnc(C(C)Oc2ccc(F)cc2)n1C(C)C. The maximum Gasteiger partial charge on any atom is 0.234 e. The van der Waals surface area contributed by atoms with E-state index in [0.29, 0.717) is 16.7 Å². The highest BCUT2D eigenvalue weighted by atomic mass is 32.2. The highest BCUT2D eigenvalue weighted by molar-refractivity contribution is 7.99. The fourth-order valence-corrected chi connectivity index (χ4v) is 4.11. The van der Waals surface area contributed by atoms with E-state index in [9.17, 15) is 9.18 Å². The Balaban J connectivity index is 1.70. The number of nitrogens with zero attached hydrogens (tertiary/aromatic N) is 3. The molecule has 0 saturated carbocycles. The van der Waals surface area contributed by atoms with Gasteiger partial charge in [0.05, 0.1) is 5.75 Å². The lowest BCUT2D eigenvalue weighted by molar-refractivity contribution is -0.113. The highest BCUT2D eigenvalue weighted by Crippen LogP contribution is 2.28. The molecule has 3 aromatic rings. The van der Waals surface area contributed by atoms with Gasteiger partial charge < -0.3 is 14.6 Å². The van der Waals surface area contributed by atoms with Gasteiger partial charge in [-0.3, -0.25) is 4.79 Å². The van der Waals surface area contributed by atoms with Gasteiger partial charge in [0, 0.05) is 11.7 Å². The maximum absolute atomic E-state index is 13.1. The van der Waals surface area contributed by atoms with Crippen molar-refractivity contribution in [2.24, 2.45) is 0 Å². The predicted octanol–water partition coefficient (Wildman–Crippen LogP) is 5.49. The van der Waals surface area contributed by atoms with Crippen molar-refractivity contribution in [1.29, 1.82) is 0 Å². The van der Waals surface area contributed by atoms with Crippen LogP contribution in [-0.2, 0) is 4.79 Å². The fraction of sp³-hybridized carbons (Fsp3) is 0.348. The molecule has 0 spiro atoms. The molecule has 1 aromatic heterocycles. The van der Waals surface area contributed by atoms with Crippen LogP contribution in [0, 0.1) is 19.7 Å². The van der Waals surface area contributed by atoms with E-state index in [1.54, 1.807) is 12.1 Å². The number of thioether (sulfide) groups is 1. The molecule has 1 N–H and O–H groups in total. The maximum atomic E-state index is 13.1. The van der Waals surface area contributed by atoms with Gasteiger partial charge in [-0.25, -0.2) is 4.39 Å². The summed E-state index contributed by atoms with van der Waals surface area (Å²) in [6.45, 7) is 9.87. The average Bonchev–Trinajstić information content (AvgIpc) is 3.15. The van der Waals surface area contributed by atoms with E-state index in [1.165, 1.54) is 23.9 Å². The summed E-state index contributed by atoms with van der Waals surface area (Å²) in [5.74, 6) is 0.999. The van der Waals surface area contributed by atoms with Gasteiger partial charge in [-0.1, -0.05) is 30.0 Å². The third kappa shape index (κ3) is 5.64. The summed E-state index contributed by atoms with van der Waals surface area (Å²) in [7, 11) is 0. The Morgan fingerprint density at radius 1 is 1.10 bits per heavy atom. The number of nitrogens with one attached hydrogen (secondary N) is 1. The number of para-hydroxylation sites is 1. The summed E-state index contributed by atoms with van der Waals surface area (Å²) in [6, 6.07) is 11.9. The molecule has 1 heterocycles. The number of aryl methyl sites for hydroxylation is 2. The van der Waals surface area contributed by atoms with Crippen LogP contribution in [0.5, 0.6) is 5.75 Å². The molecular weight excluding hydrogens is 415 g/mol. The van der Waals surface area contributed by atoms with Gasteiger partial charge in [-0.05, 0) is 70.0 Å². The third-order valence-electron chi connectivity index (χ3n) is 4.78. The molecule has 0 fully saturated rings. The molecule has 0 aliphatic heterocycles. The van der Waals surface area contributed by atoms with Crippen LogP contribution >= 0.6 is 11.8 Å². The highest BCUT2D eigenvalue weighted by Gasteiger charge is 2.22. The van der Waals surface area contributed by atoms with Crippen molar-refractivity contribution >= 4 is 23.4 Å². The second-order valence-corrected chi connectivity index (χ2v) is 8.56. The molecule has 0 saturated heterocycles. The molecule has 6 nitrogen and oxygen atoms in total. The van der Waals surface area contributed by atoms with Gasteiger partial charge >= 0.3 is 0 Å². The number of aromatic nitrogens is 3. The van der Waals surface area contributed by atoms with Crippen LogP contribution in [0.2, 0.25) is 0 Å². The zero-order valence-corrected chi connectivity index (χ0v) is 19.2. The normalized spacial score (nSPS) is 12.1. The van der Waals surface area contributed by atoms with E-state index >= 15 is 0 Å². The second-order valence-electron chi connectivity index (χ2n) is 7.62. The molecule has 2 aromatic carbocycles. The molecule has 0 aliphatic rings. The Hall–Kier alpha value is -2.87. The Morgan fingerprint density at radius 2 is 1.74 bits per heavy atom. The minimum atomic E-state index is -0.391. The first-order valence-electron chi connectivity index (χ1n) is 10.1. The van der Waals surface area contributed by atoms with E-state index in [0.717, 1.165) is 16.8 Å². The topological polar surface area (TPSA) is 69.0 Å². The first-order chi connectivity index (χ1) is 14.8. The van der Waals surface area contributed by atoms with Crippen LogP contribution in [0.1, 0.15) is 49.9 Å². The summed E-state index contributed by atoms with van der Waals surface area (Å²) in [5.41, 5.74) is 2.90. The van der Waals surface area contributed by atoms with E-state index in [-0.39, 0.29) is 23.5 Å². The first-order valence-corrected chi connectivity index (χ1v) is 11.1. The van der Waals surface area contributed by atoms with Crippen molar-refractivity contribution in [1.82, 2.24) is 14.8 Å². The number of rotatable bonds is 8. The van der Waals surface area contributed by atoms with E-state index in [4.69, 9.17) is 4.74 Å². The summed E-state index contributed by atoms with van der Waals surface area (Å²) in [6.07, 6.45) is -0.391. The van der Waals surface area contributed by atoms with E-state index < -0.39 is 6.10 Å². The standard InChI is InChI=1S/C23H27FN4O2S/c1-14(2)28-22(17(5)30-19-11-9-18(24)10-12-19)26-27-23(28)31-13-20(29)25-21-15(3)7-6-8-16(21)4/h6-12,14,17H,13H2,1-5H3,(H,25,29). The number of carbonyl (C=O) groups excluding carboxylic acids is 1. The molecule has 31 heavy (non-hydrogen) atoms. The monoisotopic (exact) mass is 442 g/mol. The van der Waals surface area contributed by atoms with Gasteiger partial charge in [0.25, 0.3) is 0 Å². The molecule has 3 rings (SSSR count). The largest absolute Gasteiger partial charge is 0.483 e. The number of carbonyl (C=O) groups is 1. The molecule has 1 amide bonds. The Kier molecular flexibility index (Phi) is 7.33. The zero-order chi connectivity index (χ0) is 22.5.